The van der Waals surface area contributed by atoms with Crippen molar-refractivity contribution in [1.29, 1.82) is 0 Å². The zero-order valence-corrected chi connectivity index (χ0v) is 10.2. The highest BCUT2D eigenvalue weighted by atomic mass is 16.5. The van der Waals surface area contributed by atoms with Gasteiger partial charge in [0.25, 0.3) is 0 Å². The maximum Gasteiger partial charge on any atom is 0.221 e. The summed E-state index contributed by atoms with van der Waals surface area (Å²) in [6.45, 7) is 3.52. The number of rotatable bonds is 7. The van der Waals surface area contributed by atoms with Crippen molar-refractivity contribution in [3.05, 3.63) is 18.1 Å². The molecule has 1 amide bonds. The van der Waals surface area contributed by atoms with E-state index < -0.39 is 0 Å². The average molecular weight is 238 g/mol. The second kappa shape index (κ2) is 7.56. The summed E-state index contributed by atoms with van der Waals surface area (Å²) >= 11 is 0. The summed E-state index contributed by atoms with van der Waals surface area (Å²) in [4.78, 5) is 19.4. The summed E-state index contributed by atoms with van der Waals surface area (Å²) in [7, 11) is 1.60. The van der Waals surface area contributed by atoms with Crippen molar-refractivity contribution in [2.75, 3.05) is 32.1 Å². The van der Waals surface area contributed by atoms with Crippen molar-refractivity contribution < 1.29 is 9.53 Å². The van der Waals surface area contributed by atoms with Gasteiger partial charge in [0.05, 0.1) is 6.61 Å². The molecule has 1 aromatic rings. The third-order valence-corrected chi connectivity index (χ3v) is 2.09. The van der Waals surface area contributed by atoms with E-state index >= 15 is 0 Å². The van der Waals surface area contributed by atoms with Crippen molar-refractivity contribution in [1.82, 2.24) is 15.3 Å². The Balaban J connectivity index is 2.17. The molecule has 0 radical (unpaired) electrons. The van der Waals surface area contributed by atoms with Gasteiger partial charge >= 0.3 is 0 Å². The molecule has 17 heavy (non-hydrogen) atoms. The van der Waals surface area contributed by atoms with Gasteiger partial charge in [-0.1, -0.05) is 0 Å². The van der Waals surface area contributed by atoms with E-state index in [1.807, 2.05) is 13.0 Å². The smallest absolute Gasteiger partial charge is 0.221 e. The van der Waals surface area contributed by atoms with E-state index in [1.165, 1.54) is 6.33 Å². The summed E-state index contributed by atoms with van der Waals surface area (Å²) in [5.41, 5.74) is 0.895. The lowest BCUT2D eigenvalue weighted by molar-refractivity contribution is -0.121. The highest BCUT2D eigenvalue weighted by Crippen LogP contribution is 2.01. The summed E-state index contributed by atoms with van der Waals surface area (Å²) < 4.78 is 4.83. The highest BCUT2D eigenvalue weighted by Gasteiger charge is 2.00. The molecule has 6 heteroatoms. The molecule has 94 valence electrons. The maximum absolute atomic E-state index is 11.3. The summed E-state index contributed by atoms with van der Waals surface area (Å²) in [6, 6.07) is 1.84. The number of aryl methyl sites for hydroxylation is 1. The first-order chi connectivity index (χ1) is 8.22. The standard InChI is InChI=1S/C11H18N4O2/c1-9-7-10(15-8-14-9)12-4-3-11(16)13-5-6-17-2/h7-8H,3-6H2,1-2H3,(H,13,16)(H,12,14,15). The lowest BCUT2D eigenvalue weighted by atomic mass is 10.3. The third-order valence-electron chi connectivity index (χ3n) is 2.09. The van der Waals surface area contributed by atoms with E-state index in [4.69, 9.17) is 4.74 Å². The van der Waals surface area contributed by atoms with E-state index in [1.54, 1.807) is 7.11 Å². The number of aromatic nitrogens is 2. The van der Waals surface area contributed by atoms with E-state index in [0.717, 1.165) is 11.5 Å². The van der Waals surface area contributed by atoms with Crippen LogP contribution in [0.4, 0.5) is 5.82 Å². The number of hydrogen-bond donors (Lipinski definition) is 2. The molecule has 0 saturated heterocycles. The molecule has 0 spiro atoms. The van der Waals surface area contributed by atoms with Crippen LogP contribution in [-0.2, 0) is 9.53 Å². The van der Waals surface area contributed by atoms with Crippen molar-refractivity contribution in [2.45, 2.75) is 13.3 Å². The van der Waals surface area contributed by atoms with Crippen LogP contribution in [0, 0.1) is 6.92 Å². The lowest BCUT2D eigenvalue weighted by Crippen LogP contribution is -2.28. The van der Waals surface area contributed by atoms with Gasteiger partial charge in [-0.15, -0.1) is 0 Å². The van der Waals surface area contributed by atoms with E-state index in [2.05, 4.69) is 20.6 Å². The van der Waals surface area contributed by atoms with Gasteiger partial charge in [-0.05, 0) is 6.92 Å². The molecule has 0 unspecified atom stereocenters. The van der Waals surface area contributed by atoms with Gasteiger partial charge in [-0.2, -0.15) is 0 Å². The molecule has 0 aliphatic rings. The first-order valence-corrected chi connectivity index (χ1v) is 5.50. The van der Waals surface area contributed by atoms with Crippen LogP contribution >= 0.6 is 0 Å². The van der Waals surface area contributed by atoms with Crippen LogP contribution in [0.5, 0.6) is 0 Å². The number of methoxy groups -OCH3 is 1. The van der Waals surface area contributed by atoms with Gasteiger partial charge in [0.2, 0.25) is 5.91 Å². The first kappa shape index (κ1) is 13.4. The van der Waals surface area contributed by atoms with Crippen LogP contribution in [0.3, 0.4) is 0 Å². The van der Waals surface area contributed by atoms with E-state index in [0.29, 0.717) is 26.1 Å². The molecule has 0 aromatic carbocycles. The number of hydrogen-bond acceptors (Lipinski definition) is 5. The van der Waals surface area contributed by atoms with Crippen molar-refractivity contribution in [3.8, 4) is 0 Å². The van der Waals surface area contributed by atoms with Crippen LogP contribution in [-0.4, -0.2) is 42.7 Å². The minimum absolute atomic E-state index is 0.000304. The van der Waals surface area contributed by atoms with Crippen LogP contribution in [0.1, 0.15) is 12.1 Å². The fraction of sp³-hybridized carbons (Fsp3) is 0.545. The van der Waals surface area contributed by atoms with Gasteiger partial charge in [-0.25, -0.2) is 9.97 Å². The van der Waals surface area contributed by atoms with Gasteiger partial charge in [0.15, 0.2) is 0 Å². The molecule has 1 heterocycles. The molecule has 1 aromatic heterocycles. The topological polar surface area (TPSA) is 76.1 Å². The highest BCUT2D eigenvalue weighted by molar-refractivity contribution is 5.76. The Morgan fingerprint density at radius 1 is 1.41 bits per heavy atom. The first-order valence-electron chi connectivity index (χ1n) is 5.50. The van der Waals surface area contributed by atoms with Crippen LogP contribution in [0.2, 0.25) is 0 Å². The Morgan fingerprint density at radius 2 is 2.24 bits per heavy atom. The van der Waals surface area contributed by atoms with E-state index in [-0.39, 0.29) is 5.91 Å². The van der Waals surface area contributed by atoms with Crippen LogP contribution in [0.25, 0.3) is 0 Å². The Morgan fingerprint density at radius 3 is 2.94 bits per heavy atom. The number of anilines is 1. The number of carbonyl (C=O) groups excluding carboxylic acids is 1. The molecule has 1 rings (SSSR count). The van der Waals surface area contributed by atoms with Crippen LogP contribution < -0.4 is 10.6 Å². The fourth-order valence-electron chi connectivity index (χ4n) is 1.24. The Labute approximate surface area is 101 Å². The second-order valence-corrected chi connectivity index (χ2v) is 3.56. The van der Waals surface area contributed by atoms with Gasteiger partial charge in [0, 0.05) is 38.4 Å². The monoisotopic (exact) mass is 238 g/mol. The van der Waals surface area contributed by atoms with Crippen LogP contribution in [0.15, 0.2) is 12.4 Å². The molecular weight excluding hydrogens is 220 g/mol. The van der Waals surface area contributed by atoms with Crippen molar-refractivity contribution in [3.63, 3.8) is 0 Å². The molecule has 0 bridgehead atoms. The molecule has 0 saturated carbocycles. The number of carbonyl (C=O) groups is 1. The zero-order chi connectivity index (χ0) is 12.5. The Bertz CT molecular complexity index is 357. The van der Waals surface area contributed by atoms with Crippen molar-refractivity contribution in [2.24, 2.45) is 0 Å². The molecule has 0 aliphatic carbocycles. The quantitative estimate of drug-likeness (QED) is 0.670. The predicted octanol–water partition coefficient (Wildman–Crippen LogP) is 0.350. The zero-order valence-electron chi connectivity index (χ0n) is 10.2. The van der Waals surface area contributed by atoms with Crippen molar-refractivity contribution >= 4 is 11.7 Å². The van der Waals surface area contributed by atoms with Gasteiger partial charge in [0.1, 0.15) is 12.1 Å². The normalized spacial score (nSPS) is 10.0. The number of amides is 1. The predicted molar refractivity (Wildman–Crippen MR) is 64.8 cm³/mol. The number of nitrogens with one attached hydrogen (secondary N) is 2. The minimum atomic E-state index is 0.000304. The Kier molecular flexibility index (Phi) is 5.95. The molecule has 2 N–H and O–H groups in total. The maximum atomic E-state index is 11.3. The molecule has 6 nitrogen and oxygen atoms in total. The molecule has 0 aliphatic heterocycles. The third kappa shape index (κ3) is 5.82. The SMILES string of the molecule is COCCNC(=O)CCNc1cc(C)ncn1. The lowest BCUT2D eigenvalue weighted by Gasteiger charge is -2.06. The Hall–Kier alpha value is -1.69. The molecular formula is C11H18N4O2. The second-order valence-electron chi connectivity index (χ2n) is 3.56. The average Bonchev–Trinajstić information content (AvgIpc) is 2.29. The fourth-order valence-corrected chi connectivity index (χ4v) is 1.24. The number of ether oxygens (including phenoxy) is 1. The number of nitrogens with zero attached hydrogens (tertiary/aromatic N) is 2. The summed E-state index contributed by atoms with van der Waals surface area (Å²) in [5.74, 6) is 0.738. The molecule has 0 atom stereocenters. The molecule has 0 fully saturated rings. The largest absolute Gasteiger partial charge is 0.383 e. The minimum Gasteiger partial charge on any atom is -0.383 e. The van der Waals surface area contributed by atoms with E-state index in [9.17, 15) is 4.79 Å². The summed E-state index contributed by atoms with van der Waals surface area (Å²) in [6.07, 6.45) is 1.91. The van der Waals surface area contributed by atoms with Gasteiger partial charge < -0.3 is 15.4 Å². The van der Waals surface area contributed by atoms with Gasteiger partial charge in [-0.3, -0.25) is 4.79 Å². The summed E-state index contributed by atoms with van der Waals surface area (Å²) in [5, 5.41) is 5.81.